The van der Waals surface area contributed by atoms with Gasteiger partial charge in [0.05, 0.1) is 5.69 Å². The first kappa shape index (κ1) is 17.4. The summed E-state index contributed by atoms with van der Waals surface area (Å²) in [6.07, 6.45) is 0. The number of nitriles is 1. The molecule has 0 bridgehead atoms. The summed E-state index contributed by atoms with van der Waals surface area (Å²) in [5.41, 5.74) is 1.96. The van der Waals surface area contributed by atoms with Crippen LogP contribution in [-0.2, 0) is 4.65 Å². The van der Waals surface area contributed by atoms with Crippen LogP contribution in [0.25, 0.3) is 11.3 Å². The standard InChI is InChI=1S/C14H11BN4O.C2H6/c1-9-13(17-10(2)19-18-9)14(20-15)12(8-16)11-6-4-3-5-7-11;1-2/h3-7H,1-2H3;1-2H3. The number of nitrogens with zero attached hydrogens (tertiary/aromatic N) is 4. The molecule has 0 N–H and O–H groups in total. The van der Waals surface area contributed by atoms with Crippen LogP contribution in [0, 0.1) is 25.2 Å². The molecule has 0 unspecified atom stereocenters. The Morgan fingerprint density at radius 1 is 1.14 bits per heavy atom. The molecular weight excluding hydrogens is 275 g/mol. The van der Waals surface area contributed by atoms with E-state index in [9.17, 15) is 5.26 Å². The summed E-state index contributed by atoms with van der Waals surface area (Å²) in [5, 5.41) is 17.2. The highest BCUT2D eigenvalue weighted by Crippen LogP contribution is 2.26. The van der Waals surface area contributed by atoms with E-state index in [1.165, 1.54) is 0 Å². The van der Waals surface area contributed by atoms with Crippen molar-refractivity contribution in [2.24, 2.45) is 0 Å². The van der Waals surface area contributed by atoms with Gasteiger partial charge in [-0.1, -0.05) is 44.2 Å². The Hall–Kier alpha value is -2.68. The van der Waals surface area contributed by atoms with Crippen LogP contribution in [0.2, 0.25) is 0 Å². The van der Waals surface area contributed by atoms with E-state index in [0.717, 1.165) is 0 Å². The Morgan fingerprint density at radius 2 is 1.77 bits per heavy atom. The predicted octanol–water partition coefficient (Wildman–Crippen LogP) is 3.01. The summed E-state index contributed by atoms with van der Waals surface area (Å²) in [6.45, 7) is 7.44. The van der Waals surface area contributed by atoms with Crippen molar-refractivity contribution in [2.75, 3.05) is 0 Å². The van der Waals surface area contributed by atoms with E-state index < -0.39 is 0 Å². The minimum atomic E-state index is 0.189. The number of allylic oxidation sites excluding steroid dienone is 1. The van der Waals surface area contributed by atoms with E-state index >= 15 is 0 Å². The topological polar surface area (TPSA) is 71.7 Å². The molecule has 5 nitrogen and oxygen atoms in total. The van der Waals surface area contributed by atoms with Crippen LogP contribution in [0.15, 0.2) is 30.3 Å². The van der Waals surface area contributed by atoms with Gasteiger partial charge in [0.1, 0.15) is 28.9 Å². The molecule has 0 spiro atoms. The van der Waals surface area contributed by atoms with Crippen LogP contribution in [0.5, 0.6) is 0 Å². The summed E-state index contributed by atoms with van der Waals surface area (Å²) in [4.78, 5) is 4.25. The molecule has 110 valence electrons. The number of aryl methyl sites for hydroxylation is 2. The Labute approximate surface area is 132 Å². The van der Waals surface area contributed by atoms with Gasteiger partial charge >= 0.3 is 8.05 Å². The molecule has 0 aliphatic heterocycles. The largest absolute Gasteiger partial charge is 0.565 e. The monoisotopic (exact) mass is 292 g/mol. The van der Waals surface area contributed by atoms with E-state index in [4.69, 9.17) is 12.7 Å². The second kappa shape index (κ2) is 8.58. The average molecular weight is 292 g/mol. The number of aromatic nitrogens is 3. The maximum atomic E-state index is 9.40. The van der Waals surface area contributed by atoms with Crippen molar-refractivity contribution in [3.8, 4) is 6.07 Å². The molecule has 1 aromatic heterocycles. The van der Waals surface area contributed by atoms with E-state index in [1.807, 2.05) is 32.0 Å². The molecule has 0 saturated heterocycles. The molecule has 0 aliphatic rings. The van der Waals surface area contributed by atoms with Crippen molar-refractivity contribution >= 4 is 19.4 Å². The highest BCUT2D eigenvalue weighted by atomic mass is 16.4. The molecule has 6 heteroatoms. The summed E-state index contributed by atoms with van der Waals surface area (Å²) in [6, 6.07) is 11.2. The number of benzene rings is 1. The second-order valence-corrected chi connectivity index (χ2v) is 4.09. The zero-order valence-corrected chi connectivity index (χ0v) is 13.2. The van der Waals surface area contributed by atoms with Gasteiger partial charge in [-0.05, 0) is 19.4 Å². The van der Waals surface area contributed by atoms with Crippen LogP contribution < -0.4 is 0 Å². The molecule has 0 aliphatic carbocycles. The first-order valence-electron chi connectivity index (χ1n) is 6.92. The fourth-order valence-corrected chi connectivity index (χ4v) is 1.76. The van der Waals surface area contributed by atoms with Crippen molar-refractivity contribution in [3.05, 3.63) is 53.1 Å². The molecular formula is C16H17BN4O. The lowest BCUT2D eigenvalue weighted by Crippen LogP contribution is -2.05. The molecule has 0 atom stereocenters. The Balaban J connectivity index is 0.00000116. The van der Waals surface area contributed by atoms with Crippen LogP contribution in [0.4, 0.5) is 0 Å². The fraction of sp³-hybridized carbons (Fsp3) is 0.250. The second-order valence-electron chi connectivity index (χ2n) is 4.09. The predicted molar refractivity (Wildman–Crippen MR) is 86.4 cm³/mol. The first-order chi connectivity index (χ1) is 10.7. The third-order valence-corrected chi connectivity index (χ3v) is 2.70. The Bertz CT molecular complexity index is 693. The van der Waals surface area contributed by atoms with Gasteiger partial charge in [0.2, 0.25) is 0 Å². The first-order valence-corrected chi connectivity index (χ1v) is 6.92. The van der Waals surface area contributed by atoms with Crippen LogP contribution >= 0.6 is 0 Å². The zero-order chi connectivity index (χ0) is 16.5. The van der Waals surface area contributed by atoms with Crippen molar-refractivity contribution in [1.82, 2.24) is 15.2 Å². The number of hydrogen-bond donors (Lipinski definition) is 0. The molecule has 1 heterocycles. The minimum Gasteiger partial charge on any atom is -0.565 e. The zero-order valence-electron chi connectivity index (χ0n) is 13.2. The van der Waals surface area contributed by atoms with Gasteiger partial charge in [0.25, 0.3) is 0 Å². The van der Waals surface area contributed by atoms with Gasteiger partial charge in [-0.25, -0.2) is 4.98 Å². The van der Waals surface area contributed by atoms with Gasteiger partial charge in [-0.15, -0.1) is 5.10 Å². The van der Waals surface area contributed by atoms with Crippen molar-refractivity contribution in [2.45, 2.75) is 27.7 Å². The van der Waals surface area contributed by atoms with Gasteiger partial charge in [0.15, 0.2) is 0 Å². The van der Waals surface area contributed by atoms with Gasteiger partial charge < -0.3 is 4.65 Å². The van der Waals surface area contributed by atoms with Crippen molar-refractivity contribution < 1.29 is 4.65 Å². The van der Waals surface area contributed by atoms with E-state index in [0.29, 0.717) is 28.3 Å². The van der Waals surface area contributed by atoms with Crippen molar-refractivity contribution in [1.29, 1.82) is 5.26 Å². The number of rotatable bonds is 3. The van der Waals surface area contributed by atoms with Gasteiger partial charge in [0, 0.05) is 0 Å². The average Bonchev–Trinajstić information content (AvgIpc) is 2.57. The lowest BCUT2D eigenvalue weighted by Gasteiger charge is -2.11. The molecule has 0 amide bonds. The Morgan fingerprint density at radius 3 is 2.32 bits per heavy atom. The van der Waals surface area contributed by atoms with Gasteiger partial charge in [-0.2, -0.15) is 10.4 Å². The normalized spacial score (nSPS) is 10.7. The van der Waals surface area contributed by atoms with E-state index in [-0.39, 0.29) is 5.76 Å². The van der Waals surface area contributed by atoms with Crippen LogP contribution in [-0.4, -0.2) is 23.2 Å². The van der Waals surface area contributed by atoms with Crippen molar-refractivity contribution in [3.63, 3.8) is 0 Å². The molecule has 2 aromatic rings. The summed E-state index contributed by atoms with van der Waals surface area (Å²) in [7, 11) is 5.34. The molecule has 0 fully saturated rings. The summed E-state index contributed by atoms with van der Waals surface area (Å²) < 4.78 is 4.91. The third kappa shape index (κ3) is 3.92. The van der Waals surface area contributed by atoms with E-state index in [2.05, 4.69) is 21.3 Å². The molecule has 0 saturated carbocycles. The SMILES string of the molecule is CC.[B]OC(=C(C#N)c1ccccc1)c1nc(C)nnc1C. The molecule has 1 aromatic carbocycles. The maximum absolute atomic E-state index is 9.40. The minimum absolute atomic E-state index is 0.189. The molecule has 2 rings (SSSR count). The molecule has 2 radical (unpaired) electrons. The number of hydrogen-bond acceptors (Lipinski definition) is 5. The summed E-state index contributed by atoms with van der Waals surface area (Å²) in [5.74, 6) is 0.666. The molecule has 22 heavy (non-hydrogen) atoms. The maximum Gasteiger partial charge on any atom is 0.374 e. The van der Waals surface area contributed by atoms with Gasteiger partial charge in [-0.3, -0.25) is 0 Å². The lowest BCUT2D eigenvalue weighted by molar-refractivity contribution is 0.567. The highest BCUT2D eigenvalue weighted by molar-refractivity contribution is 6.06. The third-order valence-electron chi connectivity index (χ3n) is 2.70. The highest BCUT2D eigenvalue weighted by Gasteiger charge is 2.16. The fourth-order valence-electron chi connectivity index (χ4n) is 1.76. The van der Waals surface area contributed by atoms with E-state index in [1.54, 1.807) is 26.0 Å². The quantitative estimate of drug-likeness (QED) is 0.494. The lowest BCUT2D eigenvalue weighted by atomic mass is 10.0. The van der Waals surface area contributed by atoms with Crippen LogP contribution in [0.3, 0.4) is 0 Å². The summed E-state index contributed by atoms with van der Waals surface area (Å²) >= 11 is 0. The smallest absolute Gasteiger partial charge is 0.374 e. The Kier molecular flexibility index (Phi) is 6.77. The van der Waals surface area contributed by atoms with Crippen LogP contribution in [0.1, 0.15) is 36.6 Å².